The van der Waals surface area contributed by atoms with E-state index in [0.29, 0.717) is 31.6 Å². The second-order valence-electron chi connectivity index (χ2n) is 6.68. The monoisotopic (exact) mass is 336 g/mol. The van der Waals surface area contributed by atoms with Crippen LogP contribution in [0.2, 0.25) is 0 Å². The Morgan fingerprint density at radius 2 is 2.21 bits per heavy atom. The molecule has 1 amide bonds. The Morgan fingerprint density at radius 3 is 2.88 bits per heavy atom. The van der Waals surface area contributed by atoms with E-state index in [1.54, 1.807) is 12.1 Å². The summed E-state index contributed by atoms with van der Waals surface area (Å²) in [5, 5.41) is 13.7. The summed E-state index contributed by atoms with van der Waals surface area (Å²) in [5.74, 6) is -0.346. The van der Waals surface area contributed by atoms with Gasteiger partial charge in [0.15, 0.2) is 0 Å². The number of carbonyl (C=O) groups excluding carboxylic acids is 1. The molecule has 0 aromatic heterocycles. The predicted molar refractivity (Wildman–Crippen MR) is 88.0 cm³/mol. The summed E-state index contributed by atoms with van der Waals surface area (Å²) in [6, 6.07) is 6.21. The van der Waals surface area contributed by atoms with E-state index in [-0.39, 0.29) is 17.8 Å². The molecule has 1 atom stereocenters. The van der Waals surface area contributed by atoms with Gasteiger partial charge >= 0.3 is 0 Å². The topological polar surface area (TPSA) is 61.8 Å². The SMILES string of the molecule is O=C(NCCN1CCC(O)(c2cccc(F)c2)CC1)[C@@H]1CCCO1. The fourth-order valence-corrected chi connectivity index (χ4v) is 3.45. The third-order valence-corrected chi connectivity index (χ3v) is 4.99. The van der Waals surface area contributed by atoms with E-state index < -0.39 is 5.60 Å². The summed E-state index contributed by atoms with van der Waals surface area (Å²) in [4.78, 5) is 14.1. The average molecular weight is 336 g/mol. The summed E-state index contributed by atoms with van der Waals surface area (Å²) in [5.41, 5.74) is -0.312. The minimum Gasteiger partial charge on any atom is -0.385 e. The van der Waals surface area contributed by atoms with Crippen molar-refractivity contribution in [1.29, 1.82) is 0 Å². The van der Waals surface area contributed by atoms with Gasteiger partial charge in [0.2, 0.25) is 5.91 Å². The van der Waals surface area contributed by atoms with E-state index >= 15 is 0 Å². The molecule has 3 rings (SSSR count). The standard InChI is InChI=1S/C18H25FN2O3/c19-15-4-1-3-14(13-15)18(23)6-9-21(10-7-18)11-8-20-17(22)16-5-2-12-24-16/h1,3-4,13,16,23H,2,5-12H2,(H,20,22)/t16-/m0/s1. The Bertz CT molecular complexity index is 567. The molecule has 6 heteroatoms. The number of nitrogens with one attached hydrogen (secondary N) is 1. The van der Waals surface area contributed by atoms with Gasteiger partial charge in [-0.25, -0.2) is 4.39 Å². The molecule has 0 spiro atoms. The van der Waals surface area contributed by atoms with Crippen LogP contribution in [0.25, 0.3) is 0 Å². The summed E-state index contributed by atoms with van der Waals surface area (Å²) >= 11 is 0. The van der Waals surface area contributed by atoms with Crippen LogP contribution in [0.15, 0.2) is 24.3 Å². The van der Waals surface area contributed by atoms with Crippen LogP contribution in [-0.2, 0) is 15.1 Å². The maximum Gasteiger partial charge on any atom is 0.249 e. The molecule has 132 valence electrons. The van der Waals surface area contributed by atoms with Gasteiger partial charge in [-0.05, 0) is 43.4 Å². The normalized spacial score (nSPS) is 24.0. The molecular formula is C18H25FN2O3. The quantitative estimate of drug-likeness (QED) is 0.853. The first kappa shape index (κ1) is 17.3. The van der Waals surface area contributed by atoms with Crippen LogP contribution in [0, 0.1) is 5.82 Å². The minimum atomic E-state index is -0.959. The van der Waals surface area contributed by atoms with E-state index in [4.69, 9.17) is 4.74 Å². The highest BCUT2D eigenvalue weighted by molar-refractivity contribution is 5.80. The number of piperidine rings is 1. The van der Waals surface area contributed by atoms with Crippen molar-refractivity contribution >= 4 is 5.91 Å². The number of nitrogens with zero attached hydrogens (tertiary/aromatic N) is 1. The Kier molecular flexibility index (Phi) is 5.48. The molecular weight excluding hydrogens is 311 g/mol. The zero-order valence-corrected chi connectivity index (χ0v) is 13.8. The number of likely N-dealkylation sites (tertiary alicyclic amines) is 1. The van der Waals surface area contributed by atoms with Gasteiger partial charge in [-0.2, -0.15) is 0 Å². The zero-order valence-electron chi connectivity index (χ0n) is 13.8. The van der Waals surface area contributed by atoms with Crippen LogP contribution >= 0.6 is 0 Å². The molecule has 2 fully saturated rings. The number of aliphatic hydroxyl groups is 1. The lowest BCUT2D eigenvalue weighted by Crippen LogP contribution is -2.46. The van der Waals surface area contributed by atoms with Crippen molar-refractivity contribution in [3.8, 4) is 0 Å². The highest BCUT2D eigenvalue weighted by atomic mass is 19.1. The first-order valence-electron chi connectivity index (χ1n) is 8.67. The van der Waals surface area contributed by atoms with Crippen LogP contribution in [0.5, 0.6) is 0 Å². The van der Waals surface area contributed by atoms with Crippen LogP contribution in [0.1, 0.15) is 31.2 Å². The summed E-state index contributed by atoms with van der Waals surface area (Å²) in [7, 11) is 0. The smallest absolute Gasteiger partial charge is 0.249 e. The molecule has 2 heterocycles. The highest BCUT2D eigenvalue weighted by Gasteiger charge is 2.34. The second-order valence-corrected chi connectivity index (χ2v) is 6.68. The fourth-order valence-electron chi connectivity index (χ4n) is 3.45. The molecule has 24 heavy (non-hydrogen) atoms. The molecule has 2 saturated heterocycles. The molecule has 2 N–H and O–H groups in total. The molecule has 0 saturated carbocycles. The Hall–Kier alpha value is -1.50. The van der Waals surface area contributed by atoms with Crippen molar-refractivity contribution in [2.24, 2.45) is 0 Å². The number of rotatable bonds is 5. The van der Waals surface area contributed by atoms with Crippen molar-refractivity contribution < 1.29 is 19.0 Å². The van der Waals surface area contributed by atoms with Crippen LogP contribution in [0.3, 0.4) is 0 Å². The molecule has 2 aliphatic heterocycles. The first-order chi connectivity index (χ1) is 11.6. The lowest BCUT2D eigenvalue weighted by molar-refractivity contribution is -0.130. The van der Waals surface area contributed by atoms with Crippen LogP contribution < -0.4 is 5.32 Å². The van der Waals surface area contributed by atoms with Gasteiger partial charge < -0.3 is 20.1 Å². The van der Waals surface area contributed by atoms with E-state index in [1.807, 2.05) is 0 Å². The molecule has 1 aromatic carbocycles. The van der Waals surface area contributed by atoms with Gasteiger partial charge in [0.05, 0.1) is 5.60 Å². The maximum atomic E-state index is 13.4. The van der Waals surface area contributed by atoms with Gasteiger partial charge in [-0.1, -0.05) is 12.1 Å². The summed E-state index contributed by atoms with van der Waals surface area (Å²) < 4.78 is 18.7. The molecule has 1 aromatic rings. The number of hydrogen-bond donors (Lipinski definition) is 2. The number of hydrogen-bond acceptors (Lipinski definition) is 4. The molecule has 2 aliphatic rings. The molecule has 0 radical (unpaired) electrons. The Balaban J connectivity index is 1.42. The van der Waals surface area contributed by atoms with E-state index in [2.05, 4.69) is 10.2 Å². The lowest BCUT2D eigenvalue weighted by Gasteiger charge is -2.38. The van der Waals surface area contributed by atoms with Gasteiger partial charge in [0.1, 0.15) is 11.9 Å². The second kappa shape index (κ2) is 7.59. The third-order valence-electron chi connectivity index (χ3n) is 4.99. The summed E-state index contributed by atoms with van der Waals surface area (Å²) in [6.45, 7) is 3.45. The number of ether oxygens (including phenoxy) is 1. The van der Waals surface area contributed by atoms with E-state index in [1.165, 1.54) is 12.1 Å². The number of carbonyl (C=O) groups is 1. The molecule has 5 nitrogen and oxygen atoms in total. The average Bonchev–Trinajstić information content (AvgIpc) is 3.11. The molecule has 0 unspecified atom stereocenters. The van der Waals surface area contributed by atoms with Crippen molar-refractivity contribution in [2.45, 2.75) is 37.4 Å². The fraction of sp³-hybridized carbons (Fsp3) is 0.611. The Labute approximate surface area is 141 Å². The molecule has 0 aliphatic carbocycles. The van der Waals surface area contributed by atoms with Crippen LogP contribution in [0.4, 0.5) is 4.39 Å². The number of amides is 1. The highest BCUT2D eigenvalue weighted by Crippen LogP contribution is 2.32. The Morgan fingerprint density at radius 1 is 1.42 bits per heavy atom. The largest absolute Gasteiger partial charge is 0.385 e. The number of benzene rings is 1. The molecule has 0 bridgehead atoms. The first-order valence-corrected chi connectivity index (χ1v) is 8.67. The number of halogens is 1. The lowest BCUT2D eigenvalue weighted by atomic mass is 9.84. The van der Waals surface area contributed by atoms with Crippen molar-refractivity contribution in [1.82, 2.24) is 10.2 Å². The van der Waals surface area contributed by atoms with Gasteiger partial charge in [-0.3, -0.25) is 4.79 Å². The summed E-state index contributed by atoms with van der Waals surface area (Å²) in [6.07, 6.45) is 2.59. The zero-order chi connectivity index (χ0) is 17.0. The van der Waals surface area contributed by atoms with E-state index in [0.717, 1.165) is 32.5 Å². The van der Waals surface area contributed by atoms with E-state index in [9.17, 15) is 14.3 Å². The maximum absolute atomic E-state index is 13.4. The van der Waals surface area contributed by atoms with Gasteiger partial charge in [0, 0.05) is 32.8 Å². The minimum absolute atomic E-state index is 0.0271. The van der Waals surface area contributed by atoms with Crippen LogP contribution in [-0.4, -0.2) is 54.8 Å². The van der Waals surface area contributed by atoms with Gasteiger partial charge in [0.25, 0.3) is 0 Å². The van der Waals surface area contributed by atoms with Gasteiger partial charge in [-0.15, -0.1) is 0 Å². The third kappa shape index (κ3) is 4.12. The van der Waals surface area contributed by atoms with Crippen molar-refractivity contribution in [2.75, 3.05) is 32.8 Å². The van der Waals surface area contributed by atoms with Crippen molar-refractivity contribution in [3.05, 3.63) is 35.6 Å². The van der Waals surface area contributed by atoms with Crippen molar-refractivity contribution in [3.63, 3.8) is 0 Å². The predicted octanol–water partition coefficient (Wildman–Crippen LogP) is 1.40.